The summed E-state index contributed by atoms with van der Waals surface area (Å²) in [5.41, 5.74) is 4.18. The van der Waals surface area contributed by atoms with Crippen LogP contribution in [0.25, 0.3) is 0 Å². The van der Waals surface area contributed by atoms with Crippen molar-refractivity contribution in [1.82, 2.24) is 5.32 Å². The largest absolute Gasteiger partial charge is 0.379 e. The molecule has 1 amide bonds. The second-order valence-corrected chi connectivity index (χ2v) is 5.12. The summed E-state index contributed by atoms with van der Waals surface area (Å²) in [5, 5.41) is 6.07. The van der Waals surface area contributed by atoms with Crippen LogP contribution in [0.5, 0.6) is 0 Å². The van der Waals surface area contributed by atoms with Gasteiger partial charge in [-0.3, -0.25) is 4.79 Å². The number of nitrogens with one attached hydrogen (secondary N) is 2. The molecule has 0 aromatic heterocycles. The number of aryl methyl sites for hydroxylation is 1. The van der Waals surface area contributed by atoms with Crippen LogP contribution in [-0.4, -0.2) is 13.0 Å². The van der Waals surface area contributed by atoms with E-state index in [0.29, 0.717) is 5.56 Å². The highest BCUT2D eigenvalue weighted by Crippen LogP contribution is 2.20. The predicted octanol–water partition coefficient (Wildman–Crippen LogP) is 3.78. The first-order chi connectivity index (χ1) is 10.1. The molecule has 0 heterocycles. The number of carbonyl (C=O) groups is 1. The van der Waals surface area contributed by atoms with Crippen molar-refractivity contribution in [3.8, 4) is 0 Å². The lowest BCUT2D eigenvalue weighted by Gasteiger charge is -2.16. The third-order valence-electron chi connectivity index (χ3n) is 3.62. The fraction of sp³-hybridized carbons (Fsp3) is 0.278. The summed E-state index contributed by atoms with van der Waals surface area (Å²) < 4.78 is 0. The molecule has 0 aliphatic carbocycles. The number of benzene rings is 2. The first-order valence-electron chi connectivity index (χ1n) is 7.31. The zero-order chi connectivity index (χ0) is 15.2. The van der Waals surface area contributed by atoms with Crippen molar-refractivity contribution in [2.24, 2.45) is 0 Å². The van der Waals surface area contributed by atoms with Gasteiger partial charge in [0.2, 0.25) is 0 Å². The van der Waals surface area contributed by atoms with E-state index in [1.165, 1.54) is 11.1 Å². The molecule has 110 valence electrons. The second-order valence-electron chi connectivity index (χ2n) is 5.12. The van der Waals surface area contributed by atoms with Gasteiger partial charge in [-0.15, -0.1) is 0 Å². The SMILES string of the molecule is CCc1ccc(C(C)Nc2cccc(C(=O)NC)c2)cc1. The van der Waals surface area contributed by atoms with Gasteiger partial charge in [-0.05, 0) is 42.7 Å². The normalized spacial score (nSPS) is 11.8. The molecule has 0 aliphatic rings. The van der Waals surface area contributed by atoms with Crippen molar-refractivity contribution in [1.29, 1.82) is 0 Å². The number of rotatable bonds is 5. The number of carbonyl (C=O) groups excluding carboxylic acids is 1. The van der Waals surface area contributed by atoms with Crippen LogP contribution in [0.1, 0.15) is 41.4 Å². The molecule has 3 heteroatoms. The van der Waals surface area contributed by atoms with Crippen LogP contribution in [0.2, 0.25) is 0 Å². The molecule has 0 spiro atoms. The summed E-state index contributed by atoms with van der Waals surface area (Å²) in [6.07, 6.45) is 1.05. The molecule has 0 radical (unpaired) electrons. The average Bonchev–Trinajstić information content (AvgIpc) is 2.54. The maximum atomic E-state index is 11.7. The van der Waals surface area contributed by atoms with Crippen LogP contribution in [-0.2, 0) is 6.42 Å². The molecule has 1 atom stereocenters. The summed E-state index contributed by atoms with van der Waals surface area (Å²) in [5.74, 6) is -0.0707. The van der Waals surface area contributed by atoms with Crippen molar-refractivity contribution in [2.45, 2.75) is 26.3 Å². The average molecular weight is 282 g/mol. The molecule has 0 fully saturated rings. The predicted molar refractivity (Wildman–Crippen MR) is 87.7 cm³/mol. The number of hydrogen-bond acceptors (Lipinski definition) is 2. The molecule has 3 nitrogen and oxygen atoms in total. The molecule has 2 rings (SSSR count). The quantitative estimate of drug-likeness (QED) is 0.876. The van der Waals surface area contributed by atoms with Crippen LogP contribution in [0.4, 0.5) is 5.69 Å². The topological polar surface area (TPSA) is 41.1 Å². The van der Waals surface area contributed by atoms with Gasteiger partial charge in [0.15, 0.2) is 0 Å². The highest BCUT2D eigenvalue weighted by atomic mass is 16.1. The Balaban J connectivity index is 2.11. The molecule has 2 aromatic rings. The van der Waals surface area contributed by atoms with E-state index in [1.54, 1.807) is 7.05 Å². The third-order valence-corrected chi connectivity index (χ3v) is 3.62. The van der Waals surface area contributed by atoms with Crippen LogP contribution < -0.4 is 10.6 Å². The molecule has 0 saturated carbocycles. The monoisotopic (exact) mass is 282 g/mol. The smallest absolute Gasteiger partial charge is 0.251 e. The molecule has 0 aliphatic heterocycles. The summed E-state index contributed by atoms with van der Waals surface area (Å²) in [6.45, 7) is 4.27. The van der Waals surface area contributed by atoms with Gasteiger partial charge in [0.05, 0.1) is 0 Å². The van der Waals surface area contributed by atoms with Crippen molar-refractivity contribution >= 4 is 11.6 Å². The van der Waals surface area contributed by atoms with Crippen LogP contribution in [0.3, 0.4) is 0 Å². The van der Waals surface area contributed by atoms with Gasteiger partial charge < -0.3 is 10.6 Å². The van der Waals surface area contributed by atoms with Crippen molar-refractivity contribution in [2.75, 3.05) is 12.4 Å². The molecule has 21 heavy (non-hydrogen) atoms. The first kappa shape index (κ1) is 15.1. The van der Waals surface area contributed by atoms with Gasteiger partial charge in [-0.2, -0.15) is 0 Å². The maximum absolute atomic E-state index is 11.7. The minimum atomic E-state index is -0.0707. The number of amides is 1. The van der Waals surface area contributed by atoms with Gasteiger partial charge in [0.25, 0.3) is 5.91 Å². The minimum absolute atomic E-state index is 0.0707. The number of hydrogen-bond donors (Lipinski definition) is 2. The van der Waals surface area contributed by atoms with E-state index >= 15 is 0 Å². The van der Waals surface area contributed by atoms with E-state index in [-0.39, 0.29) is 11.9 Å². The molecule has 1 unspecified atom stereocenters. The van der Waals surface area contributed by atoms with Gasteiger partial charge >= 0.3 is 0 Å². The van der Waals surface area contributed by atoms with Crippen molar-refractivity contribution in [3.05, 3.63) is 65.2 Å². The van der Waals surface area contributed by atoms with E-state index < -0.39 is 0 Å². The minimum Gasteiger partial charge on any atom is -0.379 e. The van der Waals surface area contributed by atoms with Crippen LogP contribution >= 0.6 is 0 Å². The molecule has 2 N–H and O–H groups in total. The van der Waals surface area contributed by atoms with Gasteiger partial charge in [0, 0.05) is 24.3 Å². The molecule has 0 saturated heterocycles. The Morgan fingerprint density at radius 3 is 2.48 bits per heavy atom. The van der Waals surface area contributed by atoms with E-state index in [9.17, 15) is 4.79 Å². The standard InChI is InChI=1S/C18H22N2O/c1-4-14-8-10-15(11-9-14)13(2)20-17-7-5-6-16(12-17)18(21)19-3/h5-13,20H,4H2,1-3H3,(H,19,21). The fourth-order valence-corrected chi connectivity index (χ4v) is 2.27. The highest BCUT2D eigenvalue weighted by molar-refractivity contribution is 5.94. The number of anilines is 1. The van der Waals surface area contributed by atoms with E-state index in [0.717, 1.165) is 12.1 Å². The summed E-state index contributed by atoms with van der Waals surface area (Å²) in [4.78, 5) is 11.7. The zero-order valence-corrected chi connectivity index (χ0v) is 12.8. The first-order valence-corrected chi connectivity index (χ1v) is 7.31. The van der Waals surface area contributed by atoms with E-state index in [2.05, 4.69) is 48.7 Å². The fourth-order valence-electron chi connectivity index (χ4n) is 2.27. The molecular formula is C18H22N2O. The van der Waals surface area contributed by atoms with Crippen molar-refractivity contribution in [3.63, 3.8) is 0 Å². The third kappa shape index (κ3) is 3.85. The summed E-state index contributed by atoms with van der Waals surface area (Å²) in [6, 6.07) is 16.4. The van der Waals surface area contributed by atoms with E-state index in [1.807, 2.05) is 24.3 Å². The van der Waals surface area contributed by atoms with Crippen molar-refractivity contribution < 1.29 is 4.79 Å². The maximum Gasteiger partial charge on any atom is 0.251 e. The highest BCUT2D eigenvalue weighted by Gasteiger charge is 2.07. The summed E-state index contributed by atoms with van der Waals surface area (Å²) >= 11 is 0. The van der Waals surface area contributed by atoms with Crippen LogP contribution in [0.15, 0.2) is 48.5 Å². The lowest BCUT2D eigenvalue weighted by atomic mass is 10.0. The van der Waals surface area contributed by atoms with Gasteiger partial charge in [-0.1, -0.05) is 37.3 Å². The Morgan fingerprint density at radius 2 is 1.86 bits per heavy atom. The second kappa shape index (κ2) is 6.93. The van der Waals surface area contributed by atoms with Crippen LogP contribution in [0, 0.1) is 0 Å². The van der Waals surface area contributed by atoms with Gasteiger partial charge in [-0.25, -0.2) is 0 Å². The lowest BCUT2D eigenvalue weighted by Crippen LogP contribution is -2.18. The molecule has 2 aromatic carbocycles. The zero-order valence-electron chi connectivity index (χ0n) is 12.8. The Bertz CT molecular complexity index is 605. The molecular weight excluding hydrogens is 260 g/mol. The van der Waals surface area contributed by atoms with Gasteiger partial charge in [0.1, 0.15) is 0 Å². The Morgan fingerprint density at radius 1 is 1.14 bits per heavy atom. The van der Waals surface area contributed by atoms with E-state index in [4.69, 9.17) is 0 Å². The Hall–Kier alpha value is -2.29. The lowest BCUT2D eigenvalue weighted by molar-refractivity contribution is 0.0963. The molecule has 0 bridgehead atoms. The Kier molecular flexibility index (Phi) is 4.99. The summed E-state index contributed by atoms with van der Waals surface area (Å²) in [7, 11) is 1.64. The Labute approximate surface area is 126 Å².